The molecule has 1 fully saturated rings. The van der Waals surface area contributed by atoms with Gasteiger partial charge in [0.1, 0.15) is 5.76 Å². The van der Waals surface area contributed by atoms with Crippen LogP contribution in [0.2, 0.25) is 0 Å². The van der Waals surface area contributed by atoms with Gasteiger partial charge in [-0.1, -0.05) is 22.5 Å². The average Bonchev–Trinajstić information content (AvgIpc) is 2.62. The number of anilines is 1. The summed E-state index contributed by atoms with van der Waals surface area (Å²) in [6.07, 6.45) is 2.58. The highest BCUT2D eigenvalue weighted by atomic mass is 79.9. The fourth-order valence-electron chi connectivity index (χ4n) is 2.37. The molecule has 0 aromatic heterocycles. The maximum Gasteiger partial charge on any atom is 0.119 e. The summed E-state index contributed by atoms with van der Waals surface area (Å²) in [4.78, 5) is 2.31. The highest BCUT2D eigenvalue weighted by Crippen LogP contribution is 2.28. The molecule has 1 N–H and O–H groups in total. The van der Waals surface area contributed by atoms with Crippen molar-refractivity contribution in [3.63, 3.8) is 0 Å². The molecule has 104 valence electrons. The number of aliphatic hydroxyl groups excluding tert-OH is 1. The summed E-state index contributed by atoms with van der Waals surface area (Å²) in [5.41, 5.74) is 2.13. The number of ether oxygens (including phenoxy) is 1. The van der Waals surface area contributed by atoms with E-state index in [0.29, 0.717) is 5.76 Å². The zero-order chi connectivity index (χ0) is 13.8. The molecular weight excluding hydrogens is 306 g/mol. The maximum absolute atomic E-state index is 9.72. The molecule has 1 heterocycles. The first-order valence-electron chi connectivity index (χ1n) is 6.57. The smallest absolute Gasteiger partial charge is 0.119 e. The van der Waals surface area contributed by atoms with Crippen LogP contribution in [0, 0.1) is 0 Å². The zero-order valence-electron chi connectivity index (χ0n) is 11.2. The summed E-state index contributed by atoms with van der Waals surface area (Å²) in [6.45, 7) is 5.76. The molecule has 19 heavy (non-hydrogen) atoms. The van der Waals surface area contributed by atoms with E-state index in [1.165, 1.54) is 0 Å². The Morgan fingerprint density at radius 3 is 2.89 bits per heavy atom. The van der Waals surface area contributed by atoms with Gasteiger partial charge in [-0.3, -0.25) is 0 Å². The molecule has 1 aliphatic heterocycles. The van der Waals surface area contributed by atoms with Crippen molar-refractivity contribution in [3.8, 4) is 0 Å². The Balaban J connectivity index is 2.23. The van der Waals surface area contributed by atoms with Crippen LogP contribution in [0.15, 0.2) is 29.3 Å². The maximum atomic E-state index is 9.72. The number of nitrogens with zero attached hydrogens (tertiary/aromatic N) is 1. The van der Waals surface area contributed by atoms with Gasteiger partial charge in [0, 0.05) is 28.8 Å². The Bertz CT molecular complexity index is 461. The van der Waals surface area contributed by atoms with Gasteiger partial charge in [0.2, 0.25) is 0 Å². The van der Waals surface area contributed by atoms with Crippen molar-refractivity contribution >= 4 is 27.4 Å². The summed E-state index contributed by atoms with van der Waals surface area (Å²) < 4.78 is 6.22. The summed E-state index contributed by atoms with van der Waals surface area (Å²) in [6, 6.07) is 6.19. The van der Waals surface area contributed by atoms with Gasteiger partial charge < -0.3 is 14.7 Å². The molecule has 4 heteroatoms. The lowest BCUT2D eigenvalue weighted by atomic mass is 10.1. The van der Waals surface area contributed by atoms with E-state index >= 15 is 0 Å². The van der Waals surface area contributed by atoms with Crippen LogP contribution in [0.4, 0.5) is 5.69 Å². The molecule has 1 saturated heterocycles. The molecule has 1 aromatic rings. The third-order valence-corrected chi connectivity index (χ3v) is 3.97. The van der Waals surface area contributed by atoms with Crippen LogP contribution in [-0.2, 0) is 4.74 Å². The third-order valence-electron chi connectivity index (χ3n) is 3.51. The summed E-state index contributed by atoms with van der Waals surface area (Å²) in [5, 5.41) is 9.72. The summed E-state index contributed by atoms with van der Waals surface area (Å²) in [5.74, 6) is 0.664. The fourth-order valence-corrected chi connectivity index (χ4v) is 2.85. The van der Waals surface area contributed by atoms with E-state index in [4.69, 9.17) is 4.74 Å². The van der Waals surface area contributed by atoms with Crippen LogP contribution in [0.5, 0.6) is 0 Å². The van der Waals surface area contributed by atoms with Gasteiger partial charge >= 0.3 is 0 Å². The average molecular weight is 326 g/mol. The number of benzene rings is 1. The first-order valence-corrected chi connectivity index (χ1v) is 7.36. The molecule has 0 aliphatic carbocycles. The Kier molecular flexibility index (Phi) is 4.88. The van der Waals surface area contributed by atoms with Crippen molar-refractivity contribution in [2.75, 3.05) is 25.1 Å². The second-order valence-electron chi connectivity index (χ2n) is 4.90. The molecule has 0 amide bonds. The predicted molar refractivity (Wildman–Crippen MR) is 82.3 cm³/mol. The van der Waals surface area contributed by atoms with Crippen molar-refractivity contribution < 1.29 is 9.84 Å². The van der Waals surface area contributed by atoms with Gasteiger partial charge in [0.25, 0.3) is 0 Å². The third kappa shape index (κ3) is 3.74. The van der Waals surface area contributed by atoms with Crippen LogP contribution in [0.3, 0.4) is 0 Å². The van der Waals surface area contributed by atoms with E-state index in [2.05, 4.69) is 39.5 Å². The zero-order valence-corrected chi connectivity index (χ0v) is 12.8. The van der Waals surface area contributed by atoms with Crippen molar-refractivity contribution in [2.45, 2.75) is 25.4 Å². The standard InChI is InChI=1S/C15H20BrNO2/c1-11(19-2)12-8-13(16)10-14(9-12)17-6-3-4-15(18)5-7-17/h8-10,15,18H,1,3-7H2,2H3. The van der Waals surface area contributed by atoms with Crippen molar-refractivity contribution in [1.29, 1.82) is 0 Å². The van der Waals surface area contributed by atoms with Crippen LogP contribution in [0.25, 0.3) is 5.76 Å². The monoisotopic (exact) mass is 325 g/mol. The second kappa shape index (κ2) is 6.44. The highest BCUT2D eigenvalue weighted by Gasteiger charge is 2.16. The topological polar surface area (TPSA) is 32.7 Å². The Morgan fingerprint density at radius 2 is 2.16 bits per heavy atom. The number of aliphatic hydroxyl groups is 1. The number of methoxy groups -OCH3 is 1. The Labute approximate surface area is 123 Å². The number of halogens is 1. The number of rotatable bonds is 3. The molecular formula is C15H20BrNO2. The van der Waals surface area contributed by atoms with Crippen molar-refractivity contribution in [3.05, 3.63) is 34.8 Å². The van der Waals surface area contributed by atoms with E-state index in [0.717, 1.165) is 48.1 Å². The van der Waals surface area contributed by atoms with E-state index in [1.807, 2.05) is 6.07 Å². The predicted octanol–water partition coefficient (Wildman–Crippen LogP) is 3.42. The van der Waals surface area contributed by atoms with Crippen LogP contribution in [0.1, 0.15) is 24.8 Å². The lowest BCUT2D eigenvalue weighted by Crippen LogP contribution is -2.24. The number of hydrogen-bond donors (Lipinski definition) is 1. The second-order valence-corrected chi connectivity index (χ2v) is 5.81. The first kappa shape index (κ1) is 14.4. The van der Waals surface area contributed by atoms with Gasteiger partial charge in [-0.15, -0.1) is 0 Å². The largest absolute Gasteiger partial charge is 0.497 e. The molecule has 1 unspecified atom stereocenters. The normalized spacial score (nSPS) is 19.9. The fraction of sp³-hybridized carbons (Fsp3) is 0.467. The van der Waals surface area contributed by atoms with Gasteiger partial charge in [-0.2, -0.15) is 0 Å². The van der Waals surface area contributed by atoms with E-state index < -0.39 is 0 Å². The molecule has 0 radical (unpaired) electrons. The van der Waals surface area contributed by atoms with Gasteiger partial charge in [0.05, 0.1) is 13.2 Å². The number of hydrogen-bond acceptors (Lipinski definition) is 3. The lowest BCUT2D eigenvalue weighted by Gasteiger charge is -2.24. The minimum Gasteiger partial charge on any atom is -0.497 e. The molecule has 0 bridgehead atoms. The first-order chi connectivity index (χ1) is 9.10. The Hall–Kier alpha value is -1.00. The molecule has 1 atom stereocenters. The molecule has 0 spiro atoms. The summed E-state index contributed by atoms with van der Waals surface area (Å²) >= 11 is 3.54. The van der Waals surface area contributed by atoms with Crippen LogP contribution in [-0.4, -0.2) is 31.4 Å². The Morgan fingerprint density at radius 1 is 1.37 bits per heavy atom. The van der Waals surface area contributed by atoms with Gasteiger partial charge in [0.15, 0.2) is 0 Å². The van der Waals surface area contributed by atoms with Crippen molar-refractivity contribution in [2.24, 2.45) is 0 Å². The van der Waals surface area contributed by atoms with Gasteiger partial charge in [-0.05, 0) is 37.5 Å². The molecule has 2 rings (SSSR count). The summed E-state index contributed by atoms with van der Waals surface area (Å²) in [7, 11) is 1.63. The van der Waals surface area contributed by atoms with Crippen LogP contribution >= 0.6 is 15.9 Å². The van der Waals surface area contributed by atoms with E-state index in [-0.39, 0.29) is 6.10 Å². The van der Waals surface area contributed by atoms with E-state index in [1.54, 1.807) is 7.11 Å². The van der Waals surface area contributed by atoms with Gasteiger partial charge in [-0.25, -0.2) is 0 Å². The highest BCUT2D eigenvalue weighted by molar-refractivity contribution is 9.10. The molecule has 1 aromatic carbocycles. The van der Waals surface area contributed by atoms with Crippen LogP contribution < -0.4 is 4.90 Å². The SMILES string of the molecule is C=C(OC)c1cc(Br)cc(N2CCCC(O)CC2)c1. The lowest BCUT2D eigenvalue weighted by molar-refractivity contribution is 0.161. The minimum absolute atomic E-state index is 0.162. The molecule has 3 nitrogen and oxygen atoms in total. The van der Waals surface area contributed by atoms with Crippen molar-refractivity contribution in [1.82, 2.24) is 0 Å². The molecule has 0 saturated carbocycles. The molecule has 1 aliphatic rings. The minimum atomic E-state index is -0.162. The quantitative estimate of drug-likeness (QED) is 0.864. The van der Waals surface area contributed by atoms with E-state index in [9.17, 15) is 5.11 Å².